The second kappa shape index (κ2) is 5.95. The zero-order chi connectivity index (χ0) is 13.0. The van der Waals surface area contributed by atoms with E-state index < -0.39 is 6.10 Å². The molecule has 18 heavy (non-hydrogen) atoms. The van der Waals surface area contributed by atoms with Crippen molar-refractivity contribution < 1.29 is 9.84 Å². The van der Waals surface area contributed by atoms with Gasteiger partial charge in [0.2, 0.25) is 0 Å². The quantitative estimate of drug-likeness (QED) is 0.869. The van der Waals surface area contributed by atoms with Crippen molar-refractivity contribution >= 4 is 16.5 Å². The van der Waals surface area contributed by atoms with Crippen molar-refractivity contribution in [3.05, 3.63) is 35.2 Å². The first kappa shape index (κ1) is 13.0. The minimum absolute atomic E-state index is 0.327. The lowest BCUT2D eigenvalue weighted by Gasteiger charge is -2.09. The van der Waals surface area contributed by atoms with Gasteiger partial charge in [-0.1, -0.05) is 24.3 Å². The summed E-state index contributed by atoms with van der Waals surface area (Å²) < 4.78 is 5.44. The number of ether oxygens (including phenoxy) is 1. The Balaban J connectivity index is 2.15. The number of nitrogen functional groups attached to an aromatic ring is 1. The van der Waals surface area contributed by atoms with Crippen LogP contribution in [0, 0.1) is 0 Å². The average molecular weight is 264 g/mol. The summed E-state index contributed by atoms with van der Waals surface area (Å²) in [6.07, 6.45) is -0.452. The minimum atomic E-state index is -0.452. The molecule has 4 nitrogen and oxygen atoms in total. The number of anilines is 1. The second-order valence-corrected chi connectivity index (χ2v) is 4.98. The number of aromatic nitrogens is 1. The maximum atomic E-state index is 9.17. The fraction of sp³-hybridized carbons (Fsp3) is 0.308. The van der Waals surface area contributed by atoms with E-state index in [9.17, 15) is 0 Å². The number of benzene rings is 1. The molecule has 0 aliphatic rings. The standard InChI is InChI=1S/C13H16N2O2S/c1-9(16)6-17-7-10-4-2-3-5-11(10)12-8-18-13(14)15-12/h2-5,8-9,16H,6-7H2,1H3,(H2,14,15)/t9-/m0/s1. The van der Waals surface area contributed by atoms with Gasteiger partial charge in [0.1, 0.15) is 0 Å². The highest BCUT2D eigenvalue weighted by molar-refractivity contribution is 7.13. The normalized spacial score (nSPS) is 12.6. The van der Waals surface area contributed by atoms with Gasteiger partial charge < -0.3 is 15.6 Å². The van der Waals surface area contributed by atoms with Gasteiger partial charge in [-0.25, -0.2) is 4.98 Å². The Morgan fingerprint density at radius 1 is 1.44 bits per heavy atom. The van der Waals surface area contributed by atoms with Gasteiger partial charge in [-0.05, 0) is 12.5 Å². The molecule has 0 aliphatic heterocycles. The predicted octanol–water partition coefficient (Wildman–Crippen LogP) is 2.29. The molecule has 1 atom stereocenters. The molecule has 0 unspecified atom stereocenters. The molecule has 0 amide bonds. The van der Waals surface area contributed by atoms with Gasteiger partial charge in [0.25, 0.3) is 0 Å². The van der Waals surface area contributed by atoms with Crippen LogP contribution < -0.4 is 5.73 Å². The number of nitrogens with zero attached hydrogens (tertiary/aromatic N) is 1. The highest BCUT2D eigenvalue weighted by Crippen LogP contribution is 2.26. The lowest BCUT2D eigenvalue weighted by Crippen LogP contribution is -2.10. The first-order valence-electron chi connectivity index (χ1n) is 5.72. The molecule has 1 heterocycles. The first-order chi connectivity index (χ1) is 8.66. The van der Waals surface area contributed by atoms with Gasteiger partial charge >= 0.3 is 0 Å². The van der Waals surface area contributed by atoms with E-state index in [1.807, 2.05) is 29.6 Å². The Morgan fingerprint density at radius 3 is 2.89 bits per heavy atom. The van der Waals surface area contributed by atoms with Crippen molar-refractivity contribution in [2.75, 3.05) is 12.3 Å². The molecule has 2 aromatic rings. The average Bonchev–Trinajstić information content (AvgIpc) is 2.76. The molecule has 0 saturated heterocycles. The Bertz CT molecular complexity index is 511. The van der Waals surface area contributed by atoms with E-state index in [0.717, 1.165) is 16.8 Å². The molecule has 5 heteroatoms. The summed E-state index contributed by atoms with van der Waals surface area (Å²) in [5, 5.41) is 11.7. The maximum absolute atomic E-state index is 9.17. The van der Waals surface area contributed by atoms with Crippen molar-refractivity contribution in [1.29, 1.82) is 0 Å². The van der Waals surface area contributed by atoms with Gasteiger partial charge in [-0.3, -0.25) is 0 Å². The van der Waals surface area contributed by atoms with Gasteiger partial charge in [0.15, 0.2) is 5.13 Å². The fourth-order valence-electron chi connectivity index (χ4n) is 1.65. The van der Waals surface area contributed by atoms with Crippen LogP contribution in [-0.2, 0) is 11.3 Å². The van der Waals surface area contributed by atoms with Crippen LogP contribution in [-0.4, -0.2) is 22.8 Å². The monoisotopic (exact) mass is 264 g/mol. The lowest BCUT2D eigenvalue weighted by molar-refractivity contribution is 0.0377. The zero-order valence-corrected chi connectivity index (χ0v) is 11.0. The van der Waals surface area contributed by atoms with Gasteiger partial charge in [0.05, 0.1) is 25.0 Å². The summed E-state index contributed by atoms with van der Waals surface area (Å²) >= 11 is 1.42. The van der Waals surface area contributed by atoms with Crippen LogP contribution in [0.2, 0.25) is 0 Å². The Morgan fingerprint density at radius 2 is 2.22 bits per heavy atom. The zero-order valence-electron chi connectivity index (χ0n) is 10.2. The van der Waals surface area contributed by atoms with E-state index in [0.29, 0.717) is 18.3 Å². The van der Waals surface area contributed by atoms with E-state index in [-0.39, 0.29) is 0 Å². The van der Waals surface area contributed by atoms with Crippen LogP contribution in [0.3, 0.4) is 0 Å². The predicted molar refractivity (Wildman–Crippen MR) is 73.3 cm³/mol. The third-order valence-electron chi connectivity index (χ3n) is 2.43. The highest BCUT2D eigenvalue weighted by Gasteiger charge is 2.08. The van der Waals surface area contributed by atoms with E-state index >= 15 is 0 Å². The molecule has 1 aromatic carbocycles. The first-order valence-corrected chi connectivity index (χ1v) is 6.60. The molecule has 0 radical (unpaired) electrons. The summed E-state index contributed by atoms with van der Waals surface area (Å²) in [4.78, 5) is 4.28. The summed E-state index contributed by atoms with van der Waals surface area (Å²) in [7, 11) is 0. The summed E-state index contributed by atoms with van der Waals surface area (Å²) in [5.41, 5.74) is 8.59. The van der Waals surface area contributed by atoms with Crippen LogP contribution in [0.25, 0.3) is 11.3 Å². The smallest absolute Gasteiger partial charge is 0.180 e. The van der Waals surface area contributed by atoms with Crippen LogP contribution in [0.5, 0.6) is 0 Å². The highest BCUT2D eigenvalue weighted by atomic mass is 32.1. The van der Waals surface area contributed by atoms with Crippen LogP contribution >= 0.6 is 11.3 Å². The summed E-state index contributed by atoms with van der Waals surface area (Å²) in [6, 6.07) is 7.91. The Kier molecular flexibility index (Phi) is 4.30. The maximum Gasteiger partial charge on any atom is 0.180 e. The van der Waals surface area contributed by atoms with E-state index in [1.165, 1.54) is 11.3 Å². The van der Waals surface area contributed by atoms with E-state index in [4.69, 9.17) is 15.6 Å². The molecule has 0 saturated carbocycles. The Labute approximate surface area is 110 Å². The molecular weight excluding hydrogens is 248 g/mol. The number of nitrogens with two attached hydrogens (primary N) is 1. The molecule has 0 bridgehead atoms. The third kappa shape index (κ3) is 3.29. The second-order valence-electron chi connectivity index (χ2n) is 4.09. The van der Waals surface area contributed by atoms with Gasteiger partial charge in [0, 0.05) is 10.9 Å². The molecule has 2 rings (SSSR count). The molecule has 1 aromatic heterocycles. The van der Waals surface area contributed by atoms with Crippen LogP contribution in [0.1, 0.15) is 12.5 Å². The topological polar surface area (TPSA) is 68.4 Å². The number of hydrogen-bond donors (Lipinski definition) is 2. The van der Waals surface area contributed by atoms with E-state index in [2.05, 4.69) is 4.98 Å². The SMILES string of the molecule is C[C@H](O)COCc1ccccc1-c1csc(N)n1. The summed E-state index contributed by atoms with van der Waals surface area (Å²) in [6.45, 7) is 2.49. The van der Waals surface area contributed by atoms with Crippen molar-refractivity contribution in [2.45, 2.75) is 19.6 Å². The third-order valence-corrected chi connectivity index (χ3v) is 3.11. The molecule has 0 spiro atoms. The van der Waals surface area contributed by atoms with E-state index in [1.54, 1.807) is 6.92 Å². The fourth-order valence-corrected chi connectivity index (χ4v) is 2.21. The number of thiazole rings is 1. The van der Waals surface area contributed by atoms with Crippen LogP contribution in [0.4, 0.5) is 5.13 Å². The molecule has 0 aliphatic carbocycles. The minimum Gasteiger partial charge on any atom is -0.391 e. The Hall–Kier alpha value is -1.43. The largest absolute Gasteiger partial charge is 0.391 e. The molecule has 3 N–H and O–H groups in total. The van der Waals surface area contributed by atoms with Crippen molar-refractivity contribution in [1.82, 2.24) is 4.98 Å². The number of aliphatic hydroxyl groups excluding tert-OH is 1. The van der Waals surface area contributed by atoms with Gasteiger partial charge in [-0.2, -0.15) is 0 Å². The number of aliphatic hydroxyl groups is 1. The number of hydrogen-bond acceptors (Lipinski definition) is 5. The van der Waals surface area contributed by atoms with Crippen LogP contribution in [0.15, 0.2) is 29.6 Å². The molecule has 0 fully saturated rings. The van der Waals surface area contributed by atoms with Crippen molar-refractivity contribution in [3.63, 3.8) is 0 Å². The van der Waals surface area contributed by atoms with Crippen molar-refractivity contribution in [3.8, 4) is 11.3 Å². The number of rotatable bonds is 5. The molecule has 96 valence electrons. The van der Waals surface area contributed by atoms with Crippen molar-refractivity contribution in [2.24, 2.45) is 0 Å². The summed E-state index contributed by atoms with van der Waals surface area (Å²) in [5.74, 6) is 0. The van der Waals surface area contributed by atoms with Gasteiger partial charge in [-0.15, -0.1) is 11.3 Å². The molecular formula is C13H16N2O2S. The lowest BCUT2D eigenvalue weighted by atomic mass is 10.1.